The summed E-state index contributed by atoms with van der Waals surface area (Å²) in [5.74, 6) is -2.99. The van der Waals surface area contributed by atoms with Crippen molar-refractivity contribution in [2.75, 3.05) is 26.8 Å². The van der Waals surface area contributed by atoms with Crippen molar-refractivity contribution in [3.8, 4) is 22.6 Å². The second-order valence-electron chi connectivity index (χ2n) is 8.72. The van der Waals surface area contributed by atoms with E-state index in [-0.39, 0.29) is 41.3 Å². The van der Waals surface area contributed by atoms with Gasteiger partial charge in [-0.2, -0.15) is 0 Å². The monoisotopic (exact) mass is 511 g/mol. The van der Waals surface area contributed by atoms with Crippen molar-refractivity contribution in [3.63, 3.8) is 0 Å². The zero-order valence-electron chi connectivity index (χ0n) is 20.0. The molecule has 0 aliphatic carbocycles. The summed E-state index contributed by atoms with van der Waals surface area (Å²) < 4.78 is 43.4. The topological polar surface area (TPSA) is 122 Å². The molecule has 10 nitrogen and oxygen atoms in total. The largest absolute Gasteiger partial charge is 0.477 e. The number of morpholine rings is 1. The van der Waals surface area contributed by atoms with Gasteiger partial charge in [0.2, 0.25) is 0 Å². The third kappa shape index (κ3) is 4.62. The van der Waals surface area contributed by atoms with Crippen molar-refractivity contribution in [1.82, 2.24) is 24.3 Å². The summed E-state index contributed by atoms with van der Waals surface area (Å²) in [4.78, 5) is 35.7. The number of carbonyl (C=O) groups is 2. The number of rotatable bonds is 5. The summed E-state index contributed by atoms with van der Waals surface area (Å²) in [6, 6.07) is 5.82. The lowest BCUT2D eigenvalue weighted by molar-refractivity contribution is -0.0241. The van der Waals surface area contributed by atoms with Gasteiger partial charge in [0.1, 0.15) is 28.8 Å². The molecule has 1 aliphatic heterocycles. The average molecular weight is 511 g/mol. The number of carbonyl (C=O) groups excluding carboxylic acids is 1. The molecule has 1 atom stereocenters. The third-order valence-electron chi connectivity index (χ3n) is 6.23. The number of hydrogen-bond acceptors (Lipinski definition) is 6. The van der Waals surface area contributed by atoms with Crippen LogP contribution in [0.5, 0.6) is 0 Å². The number of aryl methyl sites for hydroxylation is 1. The Hall–Kier alpha value is -4.32. The van der Waals surface area contributed by atoms with E-state index in [4.69, 9.17) is 14.6 Å². The van der Waals surface area contributed by atoms with E-state index in [0.717, 1.165) is 23.9 Å². The molecule has 1 amide bonds. The first-order chi connectivity index (χ1) is 17.7. The summed E-state index contributed by atoms with van der Waals surface area (Å²) in [5.41, 5.74) is 1.57. The molecule has 37 heavy (non-hydrogen) atoms. The molecular weight excluding hydrogens is 488 g/mol. The first-order valence-electron chi connectivity index (χ1n) is 11.4. The summed E-state index contributed by atoms with van der Waals surface area (Å²) in [6.07, 6.45) is 2.16. The van der Waals surface area contributed by atoms with Gasteiger partial charge in [-0.3, -0.25) is 0 Å². The molecule has 12 heteroatoms. The molecule has 1 saturated heterocycles. The number of aromatic nitrogens is 4. The van der Waals surface area contributed by atoms with E-state index in [9.17, 15) is 9.59 Å². The second-order valence-corrected chi connectivity index (χ2v) is 8.72. The normalized spacial score (nSPS) is 15.8. The number of ether oxygens (including phenoxy) is 2. The van der Waals surface area contributed by atoms with E-state index in [1.165, 1.54) is 12.0 Å². The van der Waals surface area contributed by atoms with Crippen LogP contribution in [0.3, 0.4) is 0 Å². The van der Waals surface area contributed by atoms with Crippen molar-refractivity contribution >= 4 is 17.7 Å². The number of fused-ring (bicyclic) bond motifs is 1. The Morgan fingerprint density at radius 1 is 1.27 bits per heavy atom. The maximum atomic E-state index is 15.5. The molecule has 0 radical (unpaired) electrons. The third-order valence-corrected chi connectivity index (χ3v) is 6.23. The first-order valence-corrected chi connectivity index (χ1v) is 11.4. The number of benzene rings is 1. The smallest absolute Gasteiger partial charge is 0.409 e. The molecule has 4 heterocycles. The van der Waals surface area contributed by atoms with Crippen LogP contribution in [0, 0.1) is 18.6 Å². The summed E-state index contributed by atoms with van der Waals surface area (Å²) in [5, 5.41) is 9.09. The highest BCUT2D eigenvalue weighted by atomic mass is 19.1. The summed E-state index contributed by atoms with van der Waals surface area (Å²) in [7, 11) is 1.30. The molecule has 1 aromatic carbocycles. The molecule has 4 aromatic rings. The molecule has 0 spiro atoms. The number of aromatic amines is 1. The van der Waals surface area contributed by atoms with Crippen molar-refractivity contribution < 1.29 is 33.0 Å². The van der Waals surface area contributed by atoms with Crippen LogP contribution in [0.4, 0.5) is 13.6 Å². The van der Waals surface area contributed by atoms with Crippen molar-refractivity contribution in [3.05, 3.63) is 65.2 Å². The van der Waals surface area contributed by atoms with Gasteiger partial charge >= 0.3 is 12.1 Å². The fourth-order valence-electron chi connectivity index (χ4n) is 4.46. The molecule has 2 N–H and O–H groups in total. The predicted molar refractivity (Wildman–Crippen MR) is 127 cm³/mol. The van der Waals surface area contributed by atoms with E-state index >= 15 is 8.78 Å². The SMILES string of the molecule is COC(=O)N1CCO[C@@H](Cc2c(-c3c(F)cc(-c4ncc(C(=O)O)[nH]4)cc3F)nc3cc(C)ccn23)C1. The number of carboxylic acids is 1. The van der Waals surface area contributed by atoms with Gasteiger partial charge in [0.25, 0.3) is 0 Å². The van der Waals surface area contributed by atoms with Crippen LogP contribution in [0.25, 0.3) is 28.3 Å². The quantitative estimate of drug-likeness (QED) is 0.419. The summed E-state index contributed by atoms with van der Waals surface area (Å²) >= 11 is 0. The zero-order valence-corrected chi connectivity index (χ0v) is 20.0. The van der Waals surface area contributed by atoms with Gasteiger partial charge in [-0.25, -0.2) is 28.3 Å². The van der Waals surface area contributed by atoms with Gasteiger partial charge in [0.15, 0.2) is 0 Å². The van der Waals surface area contributed by atoms with Crippen molar-refractivity contribution in [2.45, 2.75) is 19.4 Å². The maximum Gasteiger partial charge on any atom is 0.409 e. The van der Waals surface area contributed by atoms with E-state index in [2.05, 4.69) is 15.0 Å². The van der Waals surface area contributed by atoms with E-state index in [0.29, 0.717) is 24.5 Å². The fourth-order valence-corrected chi connectivity index (χ4v) is 4.46. The molecule has 1 fully saturated rings. The van der Waals surface area contributed by atoms with Crippen LogP contribution in [0.15, 0.2) is 36.7 Å². The number of halogens is 2. The van der Waals surface area contributed by atoms with Gasteiger partial charge in [0, 0.05) is 24.7 Å². The maximum absolute atomic E-state index is 15.5. The second kappa shape index (κ2) is 9.62. The Labute approximate surface area is 209 Å². The predicted octanol–water partition coefficient (Wildman–Crippen LogP) is 3.69. The van der Waals surface area contributed by atoms with E-state index < -0.39 is 29.8 Å². The Balaban J connectivity index is 1.57. The molecule has 3 aromatic heterocycles. The van der Waals surface area contributed by atoms with Gasteiger partial charge in [-0.05, 0) is 36.8 Å². The number of methoxy groups -OCH3 is 1. The van der Waals surface area contributed by atoms with Crippen LogP contribution < -0.4 is 0 Å². The molecule has 0 bridgehead atoms. The van der Waals surface area contributed by atoms with Crippen molar-refractivity contribution in [2.24, 2.45) is 0 Å². The van der Waals surface area contributed by atoms with Crippen molar-refractivity contribution in [1.29, 1.82) is 0 Å². The highest BCUT2D eigenvalue weighted by molar-refractivity contribution is 5.86. The highest BCUT2D eigenvalue weighted by Crippen LogP contribution is 2.33. The minimum atomic E-state index is -1.24. The summed E-state index contributed by atoms with van der Waals surface area (Å²) in [6.45, 7) is 2.81. The number of amides is 1. The lowest BCUT2D eigenvalue weighted by Gasteiger charge is -2.32. The number of nitrogens with zero attached hydrogens (tertiary/aromatic N) is 4. The van der Waals surface area contributed by atoms with Gasteiger partial charge < -0.3 is 28.9 Å². The van der Waals surface area contributed by atoms with E-state index in [1.54, 1.807) is 16.7 Å². The lowest BCUT2D eigenvalue weighted by Crippen LogP contribution is -2.46. The van der Waals surface area contributed by atoms with Gasteiger partial charge in [-0.1, -0.05) is 0 Å². The number of imidazole rings is 2. The fraction of sp³-hybridized carbons (Fsp3) is 0.280. The highest BCUT2D eigenvalue weighted by Gasteiger charge is 2.29. The van der Waals surface area contributed by atoms with Gasteiger partial charge in [-0.15, -0.1) is 0 Å². The molecular formula is C25H23F2N5O5. The Morgan fingerprint density at radius 2 is 2.03 bits per heavy atom. The van der Waals surface area contributed by atoms with Crippen LogP contribution in [0.1, 0.15) is 21.7 Å². The lowest BCUT2D eigenvalue weighted by atomic mass is 10.0. The van der Waals surface area contributed by atoms with Crippen LogP contribution in [-0.2, 0) is 15.9 Å². The van der Waals surface area contributed by atoms with E-state index in [1.807, 2.05) is 13.0 Å². The van der Waals surface area contributed by atoms with Crippen LogP contribution in [-0.4, -0.2) is 74.3 Å². The molecule has 192 valence electrons. The number of aromatic carboxylic acids is 1. The van der Waals surface area contributed by atoms with Crippen LogP contribution in [0.2, 0.25) is 0 Å². The Bertz CT molecular complexity index is 1490. The molecule has 0 saturated carbocycles. The Kier molecular flexibility index (Phi) is 6.34. The zero-order chi connectivity index (χ0) is 26.3. The Morgan fingerprint density at radius 3 is 2.70 bits per heavy atom. The first kappa shape index (κ1) is 24.4. The molecule has 0 unspecified atom stereocenters. The number of carboxylic acid groups (broad SMARTS) is 1. The number of nitrogens with one attached hydrogen (secondary N) is 1. The average Bonchev–Trinajstić information content (AvgIpc) is 3.49. The number of hydrogen-bond donors (Lipinski definition) is 2. The molecule has 5 rings (SSSR count). The van der Waals surface area contributed by atoms with Crippen LogP contribution >= 0.6 is 0 Å². The van der Waals surface area contributed by atoms with Gasteiger partial charge in [0.05, 0.1) is 49.5 Å². The number of pyridine rings is 1. The minimum Gasteiger partial charge on any atom is -0.477 e. The minimum absolute atomic E-state index is 0.0195. The molecule has 1 aliphatic rings. The standard InChI is InChI=1S/C25H23F2N5O5/c1-13-3-4-32-19(10-15-12-31(5-6-37-15)25(35)36-2)22(30-20(32)7-13)21-16(26)8-14(9-17(21)27)23-28-11-18(29-23)24(33)34/h3-4,7-9,11,15H,5-6,10,12H2,1-2H3,(H,28,29)(H,33,34)/t15-/m0/s1. The number of H-pyrrole nitrogens is 1.